The maximum atomic E-state index is 11.8. The third kappa shape index (κ3) is 5.62. The van der Waals surface area contributed by atoms with Crippen molar-refractivity contribution in [3.05, 3.63) is 59.2 Å². The van der Waals surface area contributed by atoms with Crippen molar-refractivity contribution in [2.24, 2.45) is 5.10 Å². The second-order valence-electron chi connectivity index (χ2n) is 6.09. The first-order chi connectivity index (χ1) is 12.5. The number of rotatable bonds is 8. The first-order valence-electron chi connectivity index (χ1n) is 8.90. The minimum Gasteiger partial charge on any atom is -0.484 e. The zero-order valence-electron chi connectivity index (χ0n) is 16.0. The number of hydrazone groups is 1. The van der Waals surface area contributed by atoms with Gasteiger partial charge in [-0.2, -0.15) is 5.10 Å². The number of aryl methyl sites for hydroxylation is 2. The second-order valence-corrected chi connectivity index (χ2v) is 6.09. The van der Waals surface area contributed by atoms with Gasteiger partial charge in [0.25, 0.3) is 5.91 Å². The van der Waals surface area contributed by atoms with Crippen molar-refractivity contribution in [2.75, 3.05) is 24.6 Å². The number of nitrogens with one attached hydrogen (secondary N) is 1. The highest BCUT2D eigenvalue weighted by Gasteiger charge is 2.03. The Morgan fingerprint density at radius 1 is 1.08 bits per heavy atom. The third-order valence-electron chi connectivity index (χ3n) is 4.27. The third-order valence-corrected chi connectivity index (χ3v) is 4.27. The summed E-state index contributed by atoms with van der Waals surface area (Å²) in [6, 6.07) is 13.8. The topological polar surface area (TPSA) is 53.9 Å². The van der Waals surface area contributed by atoms with E-state index in [0.29, 0.717) is 5.75 Å². The van der Waals surface area contributed by atoms with E-state index in [1.165, 1.54) is 11.3 Å². The number of benzene rings is 2. The van der Waals surface area contributed by atoms with Gasteiger partial charge in [-0.1, -0.05) is 18.2 Å². The van der Waals surface area contributed by atoms with Crippen molar-refractivity contribution in [3.8, 4) is 5.75 Å². The molecule has 0 aromatic heterocycles. The van der Waals surface area contributed by atoms with E-state index in [0.717, 1.165) is 24.2 Å². The number of hydrogen-bond donors (Lipinski definition) is 1. The van der Waals surface area contributed by atoms with E-state index in [2.05, 4.69) is 41.4 Å². The number of carbonyl (C=O) groups is 1. The van der Waals surface area contributed by atoms with Crippen molar-refractivity contribution >= 4 is 17.8 Å². The molecule has 1 N–H and O–H groups in total. The van der Waals surface area contributed by atoms with Crippen LogP contribution in [-0.2, 0) is 4.79 Å². The smallest absolute Gasteiger partial charge is 0.277 e. The standard InChI is InChI=1S/C21H27N3O2/c1-5-24(6-2)19-10-8-18(9-11-19)14-22-23-21(25)15-26-20-12-7-16(3)17(4)13-20/h7-14H,5-6,15H2,1-4H3,(H,23,25)/b22-14+. The quantitative estimate of drug-likeness (QED) is 0.582. The van der Waals surface area contributed by atoms with Crippen LogP contribution in [0, 0.1) is 13.8 Å². The lowest BCUT2D eigenvalue weighted by Gasteiger charge is -2.20. The maximum absolute atomic E-state index is 11.8. The minimum atomic E-state index is -0.292. The lowest BCUT2D eigenvalue weighted by atomic mass is 10.1. The van der Waals surface area contributed by atoms with Crippen LogP contribution < -0.4 is 15.1 Å². The summed E-state index contributed by atoms with van der Waals surface area (Å²) < 4.78 is 5.48. The molecule has 5 nitrogen and oxygen atoms in total. The number of amides is 1. The summed E-state index contributed by atoms with van der Waals surface area (Å²) in [7, 11) is 0. The first kappa shape index (κ1) is 19.5. The maximum Gasteiger partial charge on any atom is 0.277 e. The van der Waals surface area contributed by atoms with Gasteiger partial charge in [-0.05, 0) is 68.7 Å². The van der Waals surface area contributed by atoms with E-state index >= 15 is 0 Å². The molecule has 26 heavy (non-hydrogen) atoms. The van der Waals surface area contributed by atoms with Crippen LogP contribution in [0.3, 0.4) is 0 Å². The van der Waals surface area contributed by atoms with Gasteiger partial charge < -0.3 is 9.64 Å². The van der Waals surface area contributed by atoms with Gasteiger partial charge in [-0.3, -0.25) is 4.79 Å². The van der Waals surface area contributed by atoms with Crippen molar-refractivity contribution < 1.29 is 9.53 Å². The molecule has 0 aliphatic rings. The molecule has 0 bridgehead atoms. The van der Waals surface area contributed by atoms with Crippen LogP contribution in [0.2, 0.25) is 0 Å². The number of anilines is 1. The first-order valence-corrected chi connectivity index (χ1v) is 8.90. The van der Waals surface area contributed by atoms with Crippen molar-refractivity contribution in [2.45, 2.75) is 27.7 Å². The largest absolute Gasteiger partial charge is 0.484 e. The molecule has 0 fully saturated rings. The number of ether oxygens (including phenoxy) is 1. The highest BCUT2D eigenvalue weighted by Crippen LogP contribution is 2.16. The van der Waals surface area contributed by atoms with Crippen molar-refractivity contribution in [1.29, 1.82) is 0 Å². The summed E-state index contributed by atoms with van der Waals surface area (Å²) in [5.74, 6) is 0.387. The van der Waals surface area contributed by atoms with Crippen LogP contribution >= 0.6 is 0 Å². The van der Waals surface area contributed by atoms with Crippen LogP contribution in [0.5, 0.6) is 5.75 Å². The Kier molecular flexibility index (Phi) is 7.21. The predicted octanol–water partition coefficient (Wildman–Crippen LogP) is 3.68. The Hall–Kier alpha value is -2.82. The predicted molar refractivity (Wildman–Crippen MR) is 107 cm³/mol. The van der Waals surface area contributed by atoms with Crippen LogP contribution in [-0.4, -0.2) is 31.8 Å². The zero-order chi connectivity index (χ0) is 18.9. The summed E-state index contributed by atoms with van der Waals surface area (Å²) in [5.41, 5.74) is 6.91. The van der Waals surface area contributed by atoms with Crippen LogP contribution in [0.1, 0.15) is 30.5 Å². The van der Waals surface area contributed by atoms with Crippen LogP contribution in [0.25, 0.3) is 0 Å². The van der Waals surface area contributed by atoms with Crippen LogP contribution in [0.15, 0.2) is 47.6 Å². The van der Waals surface area contributed by atoms with Crippen molar-refractivity contribution in [3.63, 3.8) is 0 Å². The molecule has 1 amide bonds. The average Bonchev–Trinajstić information content (AvgIpc) is 2.65. The van der Waals surface area contributed by atoms with Gasteiger partial charge in [0.05, 0.1) is 6.21 Å². The highest BCUT2D eigenvalue weighted by molar-refractivity contribution is 5.83. The Labute approximate surface area is 155 Å². The van der Waals surface area contributed by atoms with Gasteiger partial charge in [0.1, 0.15) is 5.75 Å². The zero-order valence-corrected chi connectivity index (χ0v) is 16.0. The molecule has 138 valence electrons. The minimum absolute atomic E-state index is 0.0687. The molecule has 0 spiro atoms. The van der Waals surface area contributed by atoms with E-state index < -0.39 is 0 Å². The van der Waals surface area contributed by atoms with Gasteiger partial charge in [0, 0.05) is 18.8 Å². The average molecular weight is 353 g/mol. The van der Waals surface area contributed by atoms with Crippen molar-refractivity contribution in [1.82, 2.24) is 5.43 Å². The van der Waals surface area contributed by atoms with E-state index in [1.54, 1.807) is 6.21 Å². The molecular weight excluding hydrogens is 326 g/mol. The molecule has 0 radical (unpaired) electrons. The molecule has 0 heterocycles. The SMILES string of the molecule is CCN(CC)c1ccc(/C=N/NC(=O)COc2ccc(C)c(C)c2)cc1. The van der Waals surface area contributed by atoms with Crippen LogP contribution in [0.4, 0.5) is 5.69 Å². The molecule has 0 saturated heterocycles. The molecule has 0 saturated carbocycles. The molecule has 2 aromatic rings. The second kappa shape index (κ2) is 9.61. The molecular formula is C21H27N3O2. The Morgan fingerprint density at radius 3 is 2.38 bits per heavy atom. The summed E-state index contributed by atoms with van der Waals surface area (Å²) in [4.78, 5) is 14.1. The summed E-state index contributed by atoms with van der Waals surface area (Å²) in [6.45, 7) is 10.2. The fourth-order valence-electron chi connectivity index (χ4n) is 2.52. The van der Waals surface area contributed by atoms with E-state index in [-0.39, 0.29) is 12.5 Å². The fraction of sp³-hybridized carbons (Fsp3) is 0.333. The molecule has 2 aromatic carbocycles. The summed E-state index contributed by atoms with van der Waals surface area (Å²) >= 11 is 0. The molecule has 2 rings (SSSR count). The summed E-state index contributed by atoms with van der Waals surface area (Å²) in [6.07, 6.45) is 1.62. The lowest BCUT2D eigenvalue weighted by molar-refractivity contribution is -0.123. The normalized spacial score (nSPS) is 10.8. The van der Waals surface area contributed by atoms with E-state index in [1.807, 2.05) is 44.2 Å². The molecule has 0 unspecified atom stereocenters. The number of carbonyl (C=O) groups excluding carboxylic acids is 1. The number of hydrogen-bond acceptors (Lipinski definition) is 4. The van der Waals surface area contributed by atoms with Gasteiger partial charge >= 0.3 is 0 Å². The van der Waals surface area contributed by atoms with E-state index in [4.69, 9.17) is 4.74 Å². The molecule has 0 atom stereocenters. The number of nitrogens with zero attached hydrogens (tertiary/aromatic N) is 2. The molecule has 5 heteroatoms. The van der Waals surface area contributed by atoms with Gasteiger partial charge in [-0.15, -0.1) is 0 Å². The molecule has 0 aliphatic carbocycles. The van der Waals surface area contributed by atoms with Gasteiger partial charge in [0.2, 0.25) is 0 Å². The summed E-state index contributed by atoms with van der Waals surface area (Å²) in [5, 5.41) is 3.98. The van der Waals surface area contributed by atoms with E-state index in [9.17, 15) is 4.79 Å². The lowest BCUT2D eigenvalue weighted by Crippen LogP contribution is -2.24. The fourth-order valence-corrected chi connectivity index (χ4v) is 2.52. The van der Waals surface area contributed by atoms with Gasteiger partial charge in [-0.25, -0.2) is 5.43 Å². The Balaban J connectivity index is 1.81. The monoisotopic (exact) mass is 353 g/mol. The highest BCUT2D eigenvalue weighted by atomic mass is 16.5. The molecule has 0 aliphatic heterocycles. The Morgan fingerprint density at radius 2 is 1.77 bits per heavy atom. The Bertz CT molecular complexity index is 750. The van der Waals surface area contributed by atoms with Gasteiger partial charge in [0.15, 0.2) is 6.61 Å².